The van der Waals surface area contributed by atoms with Crippen LogP contribution in [0.25, 0.3) is 0 Å². The van der Waals surface area contributed by atoms with Gasteiger partial charge in [-0.05, 0) is 20.8 Å². The minimum Gasteiger partial charge on any atom is -0.481 e. The Morgan fingerprint density at radius 2 is 2.00 bits per heavy atom. The molecular weight excluding hydrogens is 210 g/mol. The molecule has 90 valence electrons. The first-order chi connectivity index (χ1) is 7.19. The lowest BCUT2D eigenvalue weighted by Gasteiger charge is -2.24. The third-order valence-corrected chi connectivity index (χ3v) is 1.71. The van der Waals surface area contributed by atoms with Crippen molar-refractivity contribution in [2.75, 3.05) is 0 Å². The van der Waals surface area contributed by atoms with Gasteiger partial charge in [-0.25, -0.2) is 0 Å². The van der Waals surface area contributed by atoms with Crippen molar-refractivity contribution in [1.29, 1.82) is 0 Å². The van der Waals surface area contributed by atoms with E-state index >= 15 is 0 Å². The van der Waals surface area contributed by atoms with E-state index < -0.39 is 29.5 Å². The number of terminal acetylenes is 1. The van der Waals surface area contributed by atoms with E-state index in [0.29, 0.717) is 0 Å². The van der Waals surface area contributed by atoms with Gasteiger partial charge in [0, 0.05) is 12.5 Å². The molecule has 2 atom stereocenters. The summed E-state index contributed by atoms with van der Waals surface area (Å²) in [5, 5.41) is 8.89. The Hall–Kier alpha value is -1.54. The van der Waals surface area contributed by atoms with Crippen molar-refractivity contribution in [3.8, 4) is 12.3 Å². The van der Waals surface area contributed by atoms with Crippen LogP contribution in [-0.4, -0.2) is 28.7 Å². The first-order valence-corrected chi connectivity index (χ1v) is 4.83. The van der Waals surface area contributed by atoms with Gasteiger partial charge in [-0.3, -0.25) is 9.59 Å². The van der Waals surface area contributed by atoms with Gasteiger partial charge in [-0.1, -0.05) is 0 Å². The maximum atomic E-state index is 11.6. The van der Waals surface area contributed by atoms with Crippen molar-refractivity contribution < 1.29 is 19.4 Å². The van der Waals surface area contributed by atoms with Crippen molar-refractivity contribution in [2.24, 2.45) is 11.7 Å². The second kappa shape index (κ2) is 5.52. The smallest absolute Gasteiger partial charge is 0.322 e. The molecule has 3 N–H and O–H groups in total. The van der Waals surface area contributed by atoms with Gasteiger partial charge in [0.25, 0.3) is 0 Å². The highest BCUT2D eigenvalue weighted by Crippen LogP contribution is 2.14. The minimum absolute atomic E-state index is 0.0101. The molecule has 16 heavy (non-hydrogen) atoms. The molecule has 0 bridgehead atoms. The van der Waals surface area contributed by atoms with Crippen molar-refractivity contribution >= 4 is 11.9 Å². The molecule has 0 rings (SSSR count). The number of carbonyl (C=O) groups excluding carboxylic acids is 1. The van der Waals surface area contributed by atoms with Gasteiger partial charge >= 0.3 is 11.9 Å². The summed E-state index contributed by atoms with van der Waals surface area (Å²) in [5.74, 6) is -1.38. The molecule has 0 aliphatic heterocycles. The van der Waals surface area contributed by atoms with Gasteiger partial charge in [0.1, 0.15) is 5.60 Å². The van der Waals surface area contributed by atoms with Gasteiger partial charge in [-0.15, -0.1) is 12.3 Å². The Morgan fingerprint density at radius 1 is 1.50 bits per heavy atom. The van der Waals surface area contributed by atoms with Gasteiger partial charge in [-0.2, -0.15) is 0 Å². The SMILES string of the molecule is C#CC[C@H](N)[C@H](C(=O)O)C(=O)OC(C)(C)C. The van der Waals surface area contributed by atoms with E-state index in [0.717, 1.165) is 0 Å². The Morgan fingerprint density at radius 3 is 2.31 bits per heavy atom. The molecule has 0 radical (unpaired) electrons. The zero-order chi connectivity index (χ0) is 12.9. The second-order valence-corrected chi connectivity index (χ2v) is 4.42. The maximum Gasteiger partial charge on any atom is 0.322 e. The van der Waals surface area contributed by atoms with Crippen LogP contribution >= 0.6 is 0 Å². The highest BCUT2D eigenvalue weighted by atomic mass is 16.6. The van der Waals surface area contributed by atoms with Crippen molar-refractivity contribution in [2.45, 2.75) is 38.8 Å². The van der Waals surface area contributed by atoms with Crippen LogP contribution in [0.15, 0.2) is 0 Å². The molecule has 0 saturated heterocycles. The maximum absolute atomic E-state index is 11.6. The fraction of sp³-hybridized carbons (Fsp3) is 0.636. The molecule has 0 saturated carbocycles. The Balaban J connectivity index is 4.75. The zero-order valence-electron chi connectivity index (χ0n) is 9.69. The number of carboxylic acids is 1. The number of hydrogen-bond donors (Lipinski definition) is 2. The third kappa shape index (κ3) is 4.80. The lowest BCUT2D eigenvalue weighted by Crippen LogP contribution is -2.43. The fourth-order valence-corrected chi connectivity index (χ4v) is 1.08. The van der Waals surface area contributed by atoms with E-state index in [9.17, 15) is 9.59 Å². The first kappa shape index (κ1) is 14.5. The summed E-state index contributed by atoms with van der Waals surface area (Å²) in [6.07, 6.45) is 5.03. The van der Waals surface area contributed by atoms with E-state index in [2.05, 4.69) is 5.92 Å². The van der Waals surface area contributed by atoms with Crippen molar-refractivity contribution in [1.82, 2.24) is 0 Å². The topological polar surface area (TPSA) is 89.6 Å². The van der Waals surface area contributed by atoms with Gasteiger partial charge < -0.3 is 15.6 Å². The molecule has 0 heterocycles. The molecule has 5 nitrogen and oxygen atoms in total. The summed E-state index contributed by atoms with van der Waals surface area (Å²) >= 11 is 0. The number of ether oxygens (including phenoxy) is 1. The Bertz CT molecular complexity index is 311. The van der Waals surface area contributed by atoms with Gasteiger partial charge in [0.2, 0.25) is 0 Å². The molecule has 0 fully saturated rings. The number of aliphatic carboxylic acids is 1. The molecule has 5 heteroatoms. The standard InChI is InChI=1S/C11H17NO4/c1-5-6-7(12)8(9(13)14)10(15)16-11(2,3)4/h1,7-8H,6,12H2,2-4H3,(H,13,14)/t7-,8+/m0/s1. The third-order valence-electron chi connectivity index (χ3n) is 1.71. The first-order valence-electron chi connectivity index (χ1n) is 4.83. The lowest BCUT2D eigenvalue weighted by atomic mass is 9.98. The largest absolute Gasteiger partial charge is 0.481 e. The van der Waals surface area contributed by atoms with E-state index in [1.165, 1.54) is 0 Å². The summed E-state index contributed by atoms with van der Waals surface area (Å²) < 4.78 is 4.96. The summed E-state index contributed by atoms with van der Waals surface area (Å²) in [4.78, 5) is 22.5. The normalized spacial score (nSPS) is 14.7. The zero-order valence-corrected chi connectivity index (χ0v) is 9.69. The molecule has 0 aliphatic carbocycles. The van der Waals surface area contributed by atoms with Crippen LogP contribution < -0.4 is 5.73 Å². The number of esters is 1. The van der Waals surface area contributed by atoms with Crippen molar-refractivity contribution in [3.63, 3.8) is 0 Å². The average molecular weight is 227 g/mol. The average Bonchev–Trinajstić information content (AvgIpc) is 1.99. The van der Waals surface area contributed by atoms with Crippen LogP contribution in [0.3, 0.4) is 0 Å². The van der Waals surface area contributed by atoms with Crippen LogP contribution in [0, 0.1) is 18.3 Å². The van der Waals surface area contributed by atoms with E-state index in [1.807, 2.05) is 0 Å². The highest BCUT2D eigenvalue weighted by molar-refractivity contribution is 5.95. The lowest BCUT2D eigenvalue weighted by molar-refractivity contribution is -0.167. The predicted octanol–water partition coefficient (Wildman–Crippen LogP) is 0.379. The van der Waals surface area contributed by atoms with Crippen LogP contribution in [0.5, 0.6) is 0 Å². The molecular formula is C11H17NO4. The van der Waals surface area contributed by atoms with Crippen LogP contribution in [0.1, 0.15) is 27.2 Å². The predicted molar refractivity (Wildman–Crippen MR) is 58.4 cm³/mol. The molecule has 0 aromatic carbocycles. The van der Waals surface area contributed by atoms with Crippen LogP contribution in [0.4, 0.5) is 0 Å². The summed E-state index contributed by atoms with van der Waals surface area (Å²) in [6.45, 7) is 4.95. The van der Waals surface area contributed by atoms with Gasteiger partial charge in [0.05, 0.1) is 0 Å². The number of nitrogens with two attached hydrogens (primary N) is 1. The minimum atomic E-state index is -1.42. The number of hydrogen-bond acceptors (Lipinski definition) is 4. The molecule has 0 aromatic heterocycles. The number of rotatable bonds is 4. The summed E-state index contributed by atoms with van der Waals surface area (Å²) in [7, 11) is 0. The molecule has 0 aliphatic rings. The van der Waals surface area contributed by atoms with E-state index in [1.54, 1.807) is 20.8 Å². The monoisotopic (exact) mass is 227 g/mol. The van der Waals surface area contributed by atoms with Gasteiger partial charge in [0.15, 0.2) is 5.92 Å². The summed E-state index contributed by atoms with van der Waals surface area (Å²) in [5.41, 5.74) is 4.78. The molecule has 0 unspecified atom stereocenters. The highest BCUT2D eigenvalue weighted by Gasteiger charge is 2.35. The quantitative estimate of drug-likeness (QED) is 0.411. The number of carboxylic acid groups (broad SMARTS) is 1. The van der Waals surface area contributed by atoms with Crippen molar-refractivity contribution in [3.05, 3.63) is 0 Å². The number of carbonyl (C=O) groups is 2. The van der Waals surface area contributed by atoms with E-state index in [-0.39, 0.29) is 6.42 Å². The molecule has 0 amide bonds. The molecule has 0 spiro atoms. The Labute approximate surface area is 95.0 Å². The second-order valence-electron chi connectivity index (χ2n) is 4.42. The van der Waals surface area contributed by atoms with E-state index in [4.69, 9.17) is 22.0 Å². The molecule has 0 aromatic rings. The summed E-state index contributed by atoms with van der Waals surface area (Å²) in [6, 6.07) is -0.933. The van der Waals surface area contributed by atoms with Crippen LogP contribution in [-0.2, 0) is 14.3 Å². The van der Waals surface area contributed by atoms with Crippen LogP contribution in [0.2, 0.25) is 0 Å². The fourth-order valence-electron chi connectivity index (χ4n) is 1.08. The Kier molecular flexibility index (Phi) is 4.99.